The van der Waals surface area contributed by atoms with Crippen LogP contribution in [-0.4, -0.2) is 20.7 Å². The van der Waals surface area contributed by atoms with E-state index in [2.05, 4.69) is 38.7 Å². The summed E-state index contributed by atoms with van der Waals surface area (Å²) in [5.41, 5.74) is 2.52. The molecule has 0 heterocycles. The zero-order valence-corrected chi connectivity index (χ0v) is 16.7. The summed E-state index contributed by atoms with van der Waals surface area (Å²) in [5.74, 6) is -0.208. The summed E-state index contributed by atoms with van der Waals surface area (Å²) in [6.07, 6.45) is 14.6. The highest BCUT2D eigenvalue weighted by molar-refractivity contribution is 6.83. The molecule has 0 N–H and O–H groups in total. The van der Waals surface area contributed by atoms with E-state index in [1.165, 1.54) is 31.3 Å². The number of ether oxygens (including phenoxy) is 1. The number of esters is 1. The van der Waals surface area contributed by atoms with Gasteiger partial charge in [0.05, 0.1) is 14.7 Å². The van der Waals surface area contributed by atoms with Crippen LogP contribution in [0.25, 0.3) is 0 Å². The van der Waals surface area contributed by atoms with Crippen molar-refractivity contribution in [3.8, 4) is 0 Å². The van der Waals surface area contributed by atoms with Crippen molar-refractivity contribution in [1.82, 2.24) is 0 Å². The lowest BCUT2D eigenvalue weighted by atomic mass is 10.0. The predicted octanol–water partition coefficient (Wildman–Crippen LogP) is 5.97. The maximum Gasteiger partial charge on any atom is 0.331 e. The summed E-state index contributed by atoms with van der Waals surface area (Å²) in [6.45, 7) is 11.8. The Labute approximate surface area is 143 Å². The average Bonchev–Trinajstić information content (AvgIpc) is 2.66. The van der Waals surface area contributed by atoms with Gasteiger partial charge >= 0.3 is 5.97 Å². The van der Waals surface area contributed by atoms with Gasteiger partial charge in [0.15, 0.2) is 0 Å². The lowest BCUT2D eigenvalue weighted by Crippen LogP contribution is -2.24. The number of allylic oxidation sites excluding steroid dienone is 5. The Morgan fingerprint density at radius 3 is 2.48 bits per heavy atom. The molecule has 0 aliphatic heterocycles. The second kappa shape index (κ2) is 9.92. The third-order valence-electron chi connectivity index (χ3n) is 4.29. The lowest BCUT2D eigenvalue weighted by Gasteiger charge is -2.20. The maximum absolute atomic E-state index is 11.8. The van der Waals surface area contributed by atoms with E-state index >= 15 is 0 Å². The third kappa shape index (κ3) is 7.82. The first-order chi connectivity index (χ1) is 10.9. The van der Waals surface area contributed by atoms with Crippen molar-refractivity contribution in [2.75, 3.05) is 6.61 Å². The Morgan fingerprint density at radius 1 is 1.13 bits per heavy atom. The monoisotopic (exact) mass is 334 g/mol. The smallest absolute Gasteiger partial charge is 0.331 e. The standard InChI is InChI=1S/C20H34O2Si/c1-6-8-9-10-11-17-14-18(16-20(21)22-7-2)12-13-19(15-17)23(3,4)5/h14-16H,6-13H2,1-5H3/b18-16-. The van der Waals surface area contributed by atoms with Gasteiger partial charge < -0.3 is 4.74 Å². The molecule has 0 atom stereocenters. The highest BCUT2D eigenvalue weighted by atomic mass is 28.3. The second-order valence-electron chi connectivity index (χ2n) is 7.42. The highest BCUT2D eigenvalue weighted by Crippen LogP contribution is 2.29. The van der Waals surface area contributed by atoms with Crippen molar-refractivity contribution in [2.24, 2.45) is 0 Å². The fourth-order valence-electron chi connectivity index (χ4n) is 2.87. The van der Waals surface area contributed by atoms with Crippen LogP contribution in [-0.2, 0) is 9.53 Å². The van der Waals surface area contributed by atoms with Gasteiger partial charge in [-0.3, -0.25) is 0 Å². The molecular weight excluding hydrogens is 300 g/mol. The molecule has 2 nitrogen and oxygen atoms in total. The quantitative estimate of drug-likeness (QED) is 0.236. The molecule has 0 bridgehead atoms. The van der Waals surface area contributed by atoms with Crippen molar-refractivity contribution < 1.29 is 9.53 Å². The molecule has 3 heteroatoms. The van der Waals surface area contributed by atoms with E-state index in [1.807, 2.05) is 6.92 Å². The molecule has 0 radical (unpaired) electrons. The molecule has 130 valence electrons. The Hall–Kier alpha value is -1.09. The zero-order chi connectivity index (χ0) is 17.3. The number of hydrogen-bond acceptors (Lipinski definition) is 2. The third-order valence-corrected chi connectivity index (χ3v) is 6.61. The van der Waals surface area contributed by atoms with Gasteiger partial charge in [-0.15, -0.1) is 0 Å². The van der Waals surface area contributed by atoms with E-state index in [4.69, 9.17) is 4.74 Å². The lowest BCUT2D eigenvalue weighted by molar-refractivity contribution is -0.137. The summed E-state index contributed by atoms with van der Waals surface area (Å²) in [5, 5.41) is 1.62. The van der Waals surface area contributed by atoms with E-state index in [0.29, 0.717) is 6.61 Å². The largest absolute Gasteiger partial charge is 0.463 e. The van der Waals surface area contributed by atoms with E-state index in [1.54, 1.807) is 11.3 Å². The first kappa shape index (κ1) is 20.0. The van der Waals surface area contributed by atoms with E-state index < -0.39 is 8.07 Å². The Morgan fingerprint density at radius 2 is 1.87 bits per heavy atom. The maximum atomic E-state index is 11.8. The molecule has 0 saturated carbocycles. The summed E-state index contributed by atoms with van der Waals surface area (Å²) >= 11 is 0. The summed E-state index contributed by atoms with van der Waals surface area (Å²) < 4.78 is 5.07. The van der Waals surface area contributed by atoms with Gasteiger partial charge in [-0.1, -0.05) is 63.2 Å². The summed E-state index contributed by atoms with van der Waals surface area (Å²) in [6, 6.07) is 0. The molecule has 0 aromatic rings. The Kier molecular flexibility index (Phi) is 8.60. The number of carbonyl (C=O) groups excluding carboxylic acids is 1. The molecule has 0 unspecified atom stereocenters. The van der Waals surface area contributed by atoms with Gasteiger partial charge in [-0.05, 0) is 43.8 Å². The normalized spacial score (nSPS) is 17.5. The fourth-order valence-corrected chi connectivity index (χ4v) is 4.36. The van der Waals surface area contributed by atoms with Crippen LogP contribution in [0.2, 0.25) is 19.6 Å². The summed E-state index contributed by atoms with van der Waals surface area (Å²) in [4.78, 5) is 11.8. The zero-order valence-electron chi connectivity index (χ0n) is 15.7. The molecule has 0 saturated heterocycles. The SMILES string of the molecule is CCCCCCC1=C/C(=C\C(=O)OCC)CCC([Si](C)(C)C)=C1. The van der Waals surface area contributed by atoms with Crippen molar-refractivity contribution in [3.63, 3.8) is 0 Å². The van der Waals surface area contributed by atoms with Crippen molar-refractivity contribution in [1.29, 1.82) is 0 Å². The summed E-state index contributed by atoms with van der Waals surface area (Å²) in [7, 11) is -1.29. The van der Waals surface area contributed by atoms with Crippen molar-refractivity contribution in [2.45, 2.75) is 78.4 Å². The van der Waals surface area contributed by atoms with Crippen LogP contribution in [0.3, 0.4) is 0 Å². The molecule has 0 fully saturated rings. The van der Waals surface area contributed by atoms with Crippen LogP contribution in [0.4, 0.5) is 0 Å². The van der Waals surface area contributed by atoms with Gasteiger partial charge in [0, 0.05) is 6.08 Å². The van der Waals surface area contributed by atoms with Crippen molar-refractivity contribution in [3.05, 3.63) is 34.6 Å². The topological polar surface area (TPSA) is 26.3 Å². The van der Waals surface area contributed by atoms with Crippen LogP contribution < -0.4 is 0 Å². The molecule has 1 rings (SSSR count). The minimum Gasteiger partial charge on any atom is -0.463 e. The number of hydrogen-bond donors (Lipinski definition) is 0. The first-order valence-corrected chi connectivity index (χ1v) is 12.7. The van der Waals surface area contributed by atoms with Crippen LogP contribution in [0.1, 0.15) is 58.8 Å². The number of unbranched alkanes of at least 4 members (excludes halogenated alkanes) is 3. The second-order valence-corrected chi connectivity index (χ2v) is 12.6. The van der Waals surface area contributed by atoms with Crippen LogP contribution >= 0.6 is 0 Å². The fraction of sp³-hybridized carbons (Fsp3) is 0.650. The van der Waals surface area contributed by atoms with E-state index in [0.717, 1.165) is 24.8 Å². The van der Waals surface area contributed by atoms with Gasteiger partial charge in [-0.2, -0.15) is 0 Å². The minimum atomic E-state index is -1.29. The van der Waals surface area contributed by atoms with Crippen molar-refractivity contribution >= 4 is 14.0 Å². The van der Waals surface area contributed by atoms with E-state index in [-0.39, 0.29) is 5.97 Å². The molecule has 0 amide bonds. The average molecular weight is 335 g/mol. The van der Waals surface area contributed by atoms with Gasteiger partial charge in [0.1, 0.15) is 0 Å². The first-order valence-electron chi connectivity index (χ1n) is 9.15. The highest BCUT2D eigenvalue weighted by Gasteiger charge is 2.21. The van der Waals surface area contributed by atoms with Gasteiger partial charge in [0.2, 0.25) is 0 Å². The number of carbonyl (C=O) groups is 1. The predicted molar refractivity (Wildman–Crippen MR) is 102 cm³/mol. The molecule has 1 aliphatic rings. The molecule has 0 aromatic carbocycles. The van der Waals surface area contributed by atoms with Crippen LogP contribution in [0.15, 0.2) is 34.6 Å². The minimum absolute atomic E-state index is 0.208. The molecular formula is C20H34O2Si. The van der Waals surface area contributed by atoms with Gasteiger partial charge in [-0.25, -0.2) is 4.79 Å². The molecule has 0 aromatic heterocycles. The van der Waals surface area contributed by atoms with Crippen LogP contribution in [0.5, 0.6) is 0 Å². The Balaban J connectivity index is 2.90. The van der Waals surface area contributed by atoms with E-state index in [9.17, 15) is 4.79 Å². The molecule has 23 heavy (non-hydrogen) atoms. The van der Waals surface area contributed by atoms with Crippen LogP contribution in [0, 0.1) is 0 Å². The number of rotatable bonds is 8. The molecule has 0 spiro atoms. The molecule has 1 aliphatic carbocycles. The Bertz CT molecular complexity index is 478. The van der Waals surface area contributed by atoms with Gasteiger partial charge in [0.25, 0.3) is 0 Å².